The summed E-state index contributed by atoms with van der Waals surface area (Å²) in [6, 6.07) is 54.7. The Morgan fingerprint density at radius 2 is 0.692 bits per heavy atom. The maximum atomic E-state index is 2.43. The molecule has 0 spiro atoms. The first-order valence-corrected chi connectivity index (χ1v) is 19.4. The first-order chi connectivity index (χ1) is 25.9. The molecule has 0 atom stereocenters. The molecular weight excluding hydrogens is 629 g/mol. The van der Waals surface area contributed by atoms with Gasteiger partial charge in [-0.05, 0) is 89.0 Å². The third kappa shape index (κ3) is 8.30. The van der Waals surface area contributed by atoms with Gasteiger partial charge in [0.05, 0.1) is 11.4 Å². The predicted octanol–water partition coefficient (Wildman–Crippen LogP) is 16.1. The van der Waals surface area contributed by atoms with Gasteiger partial charge in [-0.25, -0.2) is 0 Å². The van der Waals surface area contributed by atoms with Crippen LogP contribution in [0.1, 0.15) is 68.2 Å². The lowest BCUT2D eigenvalue weighted by Crippen LogP contribution is -2.16. The molecule has 8 rings (SSSR count). The fourth-order valence-corrected chi connectivity index (χ4v) is 6.63. The van der Waals surface area contributed by atoms with Crippen LogP contribution in [0.2, 0.25) is 0 Å². The van der Waals surface area contributed by atoms with E-state index < -0.39 is 0 Å². The molecule has 0 radical (unpaired) electrons. The van der Waals surface area contributed by atoms with Crippen molar-refractivity contribution in [3.8, 4) is 0 Å². The molecule has 0 fully saturated rings. The minimum atomic E-state index is 1.04. The number of benzene rings is 7. The highest BCUT2D eigenvalue weighted by atomic mass is 15.2. The highest BCUT2D eigenvalue weighted by Crippen LogP contribution is 2.46. The number of nitrogens with zero attached hydrogens (tertiary/aromatic N) is 2. The number of hydrogen-bond acceptors (Lipinski definition) is 2. The van der Waals surface area contributed by atoms with Gasteiger partial charge < -0.3 is 9.80 Å². The Bertz CT molecular complexity index is 2120. The lowest BCUT2D eigenvalue weighted by atomic mass is 9.93. The second-order valence-corrected chi connectivity index (χ2v) is 11.3. The van der Waals surface area contributed by atoms with Gasteiger partial charge in [-0.3, -0.25) is 0 Å². The van der Waals surface area contributed by atoms with Crippen molar-refractivity contribution in [2.24, 2.45) is 0 Å². The van der Waals surface area contributed by atoms with E-state index >= 15 is 0 Å². The Morgan fingerprint density at radius 1 is 0.346 bits per heavy atom. The highest BCUT2D eigenvalue weighted by molar-refractivity contribution is 6.24. The summed E-state index contributed by atoms with van der Waals surface area (Å²) in [6.07, 6.45) is 9.05. The molecule has 0 N–H and O–H groups in total. The van der Waals surface area contributed by atoms with E-state index in [4.69, 9.17) is 0 Å². The van der Waals surface area contributed by atoms with Gasteiger partial charge in [0.2, 0.25) is 0 Å². The zero-order chi connectivity index (χ0) is 37.3. The molecule has 0 bridgehead atoms. The largest absolute Gasteiger partial charge is 0.310 e. The van der Waals surface area contributed by atoms with Gasteiger partial charge in [-0.2, -0.15) is 0 Å². The Balaban J connectivity index is 0.000000710. The summed E-state index contributed by atoms with van der Waals surface area (Å²) >= 11 is 0. The van der Waals surface area contributed by atoms with Crippen molar-refractivity contribution in [3.05, 3.63) is 176 Å². The quantitative estimate of drug-likeness (QED) is 0.161. The number of rotatable bonds is 6. The van der Waals surface area contributed by atoms with Crippen LogP contribution < -0.4 is 9.80 Å². The van der Waals surface area contributed by atoms with Crippen LogP contribution in [-0.4, -0.2) is 0 Å². The van der Waals surface area contributed by atoms with Gasteiger partial charge in [-0.1, -0.05) is 171 Å². The molecule has 7 aromatic rings. The van der Waals surface area contributed by atoms with Crippen LogP contribution in [0.25, 0.3) is 32.3 Å². The van der Waals surface area contributed by atoms with Crippen molar-refractivity contribution in [3.63, 3.8) is 0 Å². The topological polar surface area (TPSA) is 6.48 Å². The van der Waals surface area contributed by atoms with Crippen molar-refractivity contribution in [2.75, 3.05) is 9.80 Å². The highest BCUT2D eigenvalue weighted by Gasteiger charge is 2.22. The van der Waals surface area contributed by atoms with E-state index in [1.807, 2.05) is 55.4 Å². The molecule has 0 heterocycles. The summed E-state index contributed by atoms with van der Waals surface area (Å²) in [5.74, 6) is 0. The van der Waals surface area contributed by atoms with Crippen molar-refractivity contribution in [2.45, 2.75) is 68.2 Å². The molecule has 0 amide bonds. The van der Waals surface area contributed by atoms with Crippen LogP contribution in [0.5, 0.6) is 0 Å². The zero-order valence-corrected chi connectivity index (χ0v) is 32.5. The molecule has 2 nitrogen and oxygen atoms in total. The van der Waals surface area contributed by atoms with Crippen LogP contribution in [0.15, 0.2) is 176 Å². The van der Waals surface area contributed by atoms with Crippen LogP contribution in [0.3, 0.4) is 0 Å². The van der Waals surface area contributed by atoms with Gasteiger partial charge in [0.25, 0.3) is 0 Å². The van der Waals surface area contributed by atoms with E-state index in [0.29, 0.717) is 0 Å². The van der Waals surface area contributed by atoms with Crippen LogP contribution >= 0.6 is 0 Å². The average molecular weight is 685 g/mol. The summed E-state index contributed by atoms with van der Waals surface area (Å²) in [7, 11) is 0. The molecule has 0 aromatic heterocycles. The third-order valence-corrected chi connectivity index (χ3v) is 8.60. The molecule has 1 aliphatic carbocycles. The molecule has 0 saturated carbocycles. The first kappa shape index (κ1) is 39.2. The first-order valence-electron chi connectivity index (χ1n) is 19.4. The number of anilines is 5. The zero-order valence-electron chi connectivity index (χ0n) is 32.5. The van der Waals surface area contributed by atoms with Gasteiger partial charge in [-0.15, -0.1) is 0 Å². The monoisotopic (exact) mass is 684 g/mol. The van der Waals surface area contributed by atoms with E-state index in [1.165, 1.54) is 49.4 Å². The minimum absolute atomic E-state index is 1.04. The summed E-state index contributed by atoms with van der Waals surface area (Å²) in [5, 5.41) is 7.43. The maximum Gasteiger partial charge on any atom is 0.0546 e. The van der Waals surface area contributed by atoms with E-state index in [0.717, 1.165) is 29.9 Å². The molecule has 266 valence electrons. The van der Waals surface area contributed by atoms with Crippen molar-refractivity contribution >= 4 is 60.8 Å². The molecule has 7 aromatic carbocycles. The Hall–Kier alpha value is -5.60. The lowest BCUT2D eigenvalue weighted by molar-refractivity contribution is 0.998. The molecular formula is C50H56N2. The fraction of sp³-hybridized carbons (Fsp3) is 0.200. The number of para-hydroxylation sites is 3. The second-order valence-electron chi connectivity index (χ2n) is 11.3. The molecule has 0 saturated heterocycles. The SMILES string of the molecule is C1=CC(N(c2ccccc2)c2cc3c4ccccc4c(N(c4ccccc4)c4ccccc4)cc3c3ccccc23)=CCC1.CC.CC.CC.CC. The number of fused-ring (bicyclic) bond motifs is 5. The second kappa shape index (κ2) is 20.3. The number of allylic oxidation sites excluding steroid dienone is 3. The molecule has 1 aliphatic rings. The summed E-state index contributed by atoms with van der Waals surface area (Å²) in [4.78, 5) is 4.82. The van der Waals surface area contributed by atoms with E-state index in [-0.39, 0.29) is 0 Å². The van der Waals surface area contributed by atoms with E-state index in [9.17, 15) is 0 Å². The molecule has 0 unspecified atom stereocenters. The minimum Gasteiger partial charge on any atom is -0.310 e. The smallest absolute Gasteiger partial charge is 0.0546 e. The Labute approximate surface area is 313 Å². The summed E-state index contributed by atoms with van der Waals surface area (Å²) in [6.45, 7) is 16.0. The van der Waals surface area contributed by atoms with Crippen LogP contribution in [-0.2, 0) is 0 Å². The van der Waals surface area contributed by atoms with E-state index in [1.54, 1.807) is 0 Å². The number of hydrogen-bond donors (Lipinski definition) is 0. The van der Waals surface area contributed by atoms with Gasteiger partial charge in [0, 0.05) is 33.5 Å². The van der Waals surface area contributed by atoms with Crippen molar-refractivity contribution in [1.82, 2.24) is 0 Å². The normalized spacial score (nSPS) is 11.3. The molecule has 2 heteroatoms. The fourth-order valence-electron chi connectivity index (χ4n) is 6.63. The molecule has 52 heavy (non-hydrogen) atoms. The van der Waals surface area contributed by atoms with Crippen molar-refractivity contribution < 1.29 is 0 Å². The van der Waals surface area contributed by atoms with E-state index in [2.05, 4.69) is 180 Å². The lowest BCUT2D eigenvalue weighted by Gasteiger charge is -2.30. The van der Waals surface area contributed by atoms with Gasteiger partial charge in [0.1, 0.15) is 0 Å². The Kier molecular flexibility index (Phi) is 15.3. The predicted molar refractivity (Wildman–Crippen MR) is 234 cm³/mol. The van der Waals surface area contributed by atoms with Crippen LogP contribution in [0.4, 0.5) is 28.4 Å². The van der Waals surface area contributed by atoms with Gasteiger partial charge in [0.15, 0.2) is 0 Å². The van der Waals surface area contributed by atoms with Crippen molar-refractivity contribution in [1.29, 1.82) is 0 Å². The van der Waals surface area contributed by atoms with Crippen LogP contribution in [0, 0.1) is 0 Å². The average Bonchev–Trinajstić information content (AvgIpc) is 3.26. The third-order valence-electron chi connectivity index (χ3n) is 8.60. The summed E-state index contributed by atoms with van der Waals surface area (Å²) in [5.41, 5.74) is 7.01. The Morgan fingerprint density at radius 3 is 1.08 bits per heavy atom. The summed E-state index contributed by atoms with van der Waals surface area (Å²) < 4.78 is 0. The maximum absolute atomic E-state index is 2.43. The molecule has 0 aliphatic heterocycles. The van der Waals surface area contributed by atoms with Gasteiger partial charge >= 0.3 is 0 Å². The standard InChI is InChI=1S/C42H32N2.4C2H6/c1-5-17-31(18-6-1)43(32-19-7-2-8-20-32)41-29-39-36-26-14-16-28-38(36)42(30-40(39)35-25-13-15-27-37(35)41)44(33-21-9-3-10-22-33)34-23-11-4-12-24-34;4*1-2/h1-3,5-11,13-30H,4,12H2;4*1-2H3.